The van der Waals surface area contributed by atoms with Gasteiger partial charge in [0.05, 0.1) is 31.6 Å². The van der Waals surface area contributed by atoms with E-state index in [4.69, 9.17) is 14.2 Å². The zero-order valence-electron chi connectivity index (χ0n) is 52.6. The van der Waals surface area contributed by atoms with Crippen LogP contribution in [0.15, 0.2) is 134 Å². The van der Waals surface area contributed by atoms with Crippen molar-refractivity contribution >= 4 is 0 Å². The number of rotatable bonds is 9. The maximum atomic E-state index is 5.53. The molecule has 10 heteroatoms. The molecule has 3 fully saturated rings. The molecule has 1 unspecified atom stereocenters. The molecule has 10 nitrogen and oxygen atoms in total. The monoisotopic (exact) mass is 1090 g/mol. The van der Waals surface area contributed by atoms with Crippen LogP contribution in [0.4, 0.5) is 0 Å². The lowest BCUT2D eigenvalue weighted by Crippen LogP contribution is -2.31. The molecule has 1 saturated carbocycles. The molecule has 5 aromatic rings. The van der Waals surface area contributed by atoms with E-state index in [2.05, 4.69) is 156 Å². The molecule has 4 aliphatic rings. The molecule has 0 radical (unpaired) electrons. The van der Waals surface area contributed by atoms with Gasteiger partial charge >= 0.3 is 0 Å². The average Bonchev–Trinajstić information content (AvgIpc) is 4.19. The van der Waals surface area contributed by atoms with Crippen molar-refractivity contribution in [2.75, 3.05) is 33.0 Å². The van der Waals surface area contributed by atoms with Crippen LogP contribution in [0.25, 0.3) is 0 Å². The third-order valence-corrected chi connectivity index (χ3v) is 12.9. The van der Waals surface area contributed by atoms with Crippen LogP contribution in [0.2, 0.25) is 0 Å². The fourth-order valence-corrected chi connectivity index (χ4v) is 8.73. The minimum atomic E-state index is 0.323. The molecular weight excluding hydrogens is 975 g/mol. The molecule has 7 heterocycles. The zero-order valence-corrected chi connectivity index (χ0v) is 52.6. The van der Waals surface area contributed by atoms with Crippen molar-refractivity contribution in [2.45, 2.75) is 213 Å². The lowest BCUT2D eigenvalue weighted by Gasteiger charge is -2.28. The van der Waals surface area contributed by atoms with E-state index in [1.165, 1.54) is 75.3 Å². The Kier molecular flexibility index (Phi) is 40.7. The molecule has 440 valence electrons. The average molecular weight is 1090 g/mol. The first kappa shape index (κ1) is 72.0. The Morgan fingerprint density at radius 1 is 0.481 bits per heavy atom. The van der Waals surface area contributed by atoms with Crippen molar-refractivity contribution in [1.82, 2.24) is 34.9 Å². The summed E-state index contributed by atoms with van der Waals surface area (Å²) in [6.45, 7) is 37.6. The number of allylic oxidation sites excluding steroid dienone is 4. The van der Waals surface area contributed by atoms with E-state index in [1.807, 2.05) is 74.2 Å². The van der Waals surface area contributed by atoms with Gasteiger partial charge in [-0.1, -0.05) is 172 Å². The molecule has 0 N–H and O–H groups in total. The second kappa shape index (κ2) is 44.7. The summed E-state index contributed by atoms with van der Waals surface area (Å²) in [6.07, 6.45) is 44.7. The van der Waals surface area contributed by atoms with E-state index in [0.29, 0.717) is 22.3 Å². The van der Waals surface area contributed by atoms with Gasteiger partial charge in [0.2, 0.25) is 0 Å². The van der Waals surface area contributed by atoms with E-state index < -0.39 is 0 Å². The van der Waals surface area contributed by atoms with Crippen LogP contribution in [0.3, 0.4) is 0 Å². The highest BCUT2D eigenvalue weighted by molar-refractivity contribution is 5.23. The van der Waals surface area contributed by atoms with Gasteiger partial charge in [0, 0.05) is 87.3 Å². The topological polar surface area (TPSA) is 118 Å². The number of hydrogen-bond donors (Lipinski definition) is 0. The zero-order chi connectivity index (χ0) is 58.5. The quantitative estimate of drug-likeness (QED) is 0.141. The van der Waals surface area contributed by atoms with Gasteiger partial charge in [0.25, 0.3) is 0 Å². The van der Waals surface area contributed by atoms with Crippen molar-refractivity contribution in [2.24, 2.45) is 28.1 Å². The van der Waals surface area contributed by atoms with Crippen LogP contribution in [0.5, 0.6) is 0 Å². The molecule has 79 heavy (non-hydrogen) atoms. The van der Waals surface area contributed by atoms with Gasteiger partial charge in [-0.05, 0) is 140 Å². The van der Waals surface area contributed by atoms with E-state index in [1.54, 1.807) is 42.8 Å². The SMILES string of the molecule is CC(C)(C)CC1=CC=CC1.CC(C)(C)CC1CCCC1.CC(C)(C)CC1COCCO1.CCC1CCOCC1.CCc1ccccn1.CCc1cccnc1.CCc1ccncc1.CCc1cnccn1.CCc1ncccn1. The first-order valence-electron chi connectivity index (χ1n) is 30.1. The molecule has 0 spiro atoms. The van der Waals surface area contributed by atoms with Gasteiger partial charge in [-0.3, -0.25) is 24.9 Å². The standard InChI is InChI=1S/C10H20.C10H16.C9H18O2.3C7H9N.C7H14O.2C6H8N2/c2*1-10(2,3)8-9-6-4-5-7-9;1-9(2,3)6-8-7-10-4-5-11-8;1-2-7-3-5-8-6-4-7;1-2-7-4-3-5-8-6-7;1-2-7-5-3-4-6-8-7;1-2-7-3-5-8-6-4-7;1-2-6-5-7-3-4-8-6;1-2-6-7-4-3-5-8-6/h9H,4-8H2,1-3H3;4-6H,7-8H2,1-3H3;8H,4-7H2,1-3H3;3*3-6H,2H2,1H3;7H,2-6H2,1H3;2*3-5H,2H2,1H3. The molecule has 2 saturated heterocycles. The van der Waals surface area contributed by atoms with Gasteiger partial charge in [0.1, 0.15) is 5.82 Å². The highest BCUT2D eigenvalue weighted by atomic mass is 16.6. The first-order chi connectivity index (χ1) is 37.8. The summed E-state index contributed by atoms with van der Waals surface area (Å²) in [4.78, 5) is 27.8. The number of ether oxygens (including phenoxy) is 3. The molecule has 1 atom stereocenters. The van der Waals surface area contributed by atoms with Crippen LogP contribution in [-0.2, 0) is 46.3 Å². The summed E-state index contributed by atoms with van der Waals surface area (Å²) < 4.78 is 16.0. The summed E-state index contributed by atoms with van der Waals surface area (Å²) in [7, 11) is 0. The molecule has 9 rings (SSSR count). The third kappa shape index (κ3) is 43.5. The second-order valence-electron chi connectivity index (χ2n) is 24.1. The minimum absolute atomic E-state index is 0.323. The van der Waals surface area contributed by atoms with Crippen LogP contribution in [0, 0.1) is 28.1 Å². The second-order valence-corrected chi connectivity index (χ2v) is 24.1. The molecule has 0 bridgehead atoms. The van der Waals surface area contributed by atoms with E-state index in [9.17, 15) is 0 Å². The summed E-state index contributed by atoms with van der Waals surface area (Å²) >= 11 is 0. The van der Waals surface area contributed by atoms with Crippen LogP contribution < -0.4 is 0 Å². The van der Waals surface area contributed by atoms with Crippen LogP contribution >= 0.6 is 0 Å². The van der Waals surface area contributed by atoms with Crippen molar-refractivity contribution < 1.29 is 14.2 Å². The van der Waals surface area contributed by atoms with Gasteiger partial charge in [0.15, 0.2) is 0 Å². The predicted molar refractivity (Wildman–Crippen MR) is 334 cm³/mol. The van der Waals surface area contributed by atoms with Crippen molar-refractivity contribution in [3.63, 3.8) is 0 Å². The smallest absolute Gasteiger partial charge is 0.127 e. The number of hydrogen-bond acceptors (Lipinski definition) is 10. The Balaban J connectivity index is 0.000000445. The fraction of sp³-hybridized carbons (Fsp3) is 0.609. The van der Waals surface area contributed by atoms with Crippen LogP contribution in [0.1, 0.15) is 203 Å². The molecule has 0 amide bonds. The minimum Gasteiger partial charge on any atom is -0.381 e. The van der Waals surface area contributed by atoms with Crippen molar-refractivity contribution in [3.8, 4) is 0 Å². The number of aromatic nitrogens is 7. The molecular formula is C69H111N7O3. The third-order valence-electron chi connectivity index (χ3n) is 12.9. The predicted octanol–water partition coefficient (Wildman–Crippen LogP) is 17.6. The lowest BCUT2D eigenvalue weighted by molar-refractivity contribution is -0.100. The molecule has 5 aromatic heterocycles. The summed E-state index contributed by atoms with van der Waals surface area (Å²) in [5.74, 6) is 2.93. The fourth-order valence-electron chi connectivity index (χ4n) is 8.73. The Morgan fingerprint density at radius 3 is 1.51 bits per heavy atom. The highest BCUT2D eigenvalue weighted by Crippen LogP contribution is 2.35. The Bertz CT molecular complexity index is 1930. The van der Waals surface area contributed by atoms with Gasteiger partial charge in [-0.15, -0.1) is 0 Å². The first-order valence-corrected chi connectivity index (χ1v) is 30.1. The van der Waals surface area contributed by atoms with E-state index in [0.717, 1.165) is 101 Å². The lowest BCUT2D eigenvalue weighted by atomic mass is 9.84. The number of nitrogens with zero attached hydrogens (tertiary/aromatic N) is 7. The van der Waals surface area contributed by atoms with E-state index >= 15 is 0 Å². The van der Waals surface area contributed by atoms with Gasteiger partial charge < -0.3 is 14.2 Å². The van der Waals surface area contributed by atoms with Gasteiger partial charge in [-0.25, -0.2) is 9.97 Å². The Hall–Kier alpha value is -5.03. The number of pyridine rings is 3. The summed E-state index contributed by atoms with van der Waals surface area (Å²) in [5.41, 5.74) is 7.80. The normalized spacial score (nSPS) is 15.8. The maximum absolute atomic E-state index is 5.53. The summed E-state index contributed by atoms with van der Waals surface area (Å²) in [5, 5.41) is 0. The largest absolute Gasteiger partial charge is 0.381 e. The Morgan fingerprint density at radius 2 is 1.11 bits per heavy atom. The van der Waals surface area contributed by atoms with Gasteiger partial charge in [-0.2, -0.15) is 0 Å². The van der Waals surface area contributed by atoms with Crippen molar-refractivity contribution in [3.05, 3.63) is 163 Å². The molecule has 0 aromatic carbocycles. The maximum Gasteiger partial charge on any atom is 0.127 e. The number of aryl methyl sites for hydroxylation is 5. The van der Waals surface area contributed by atoms with E-state index in [-0.39, 0.29) is 0 Å². The highest BCUT2D eigenvalue weighted by Gasteiger charge is 2.22. The molecule has 2 aliphatic heterocycles. The Labute approximate surface area is 483 Å². The van der Waals surface area contributed by atoms with Crippen molar-refractivity contribution in [1.29, 1.82) is 0 Å². The van der Waals surface area contributed by atoms with Crippen LogP contribution in [-0.4, -0.2) is 74.0 Å². The molecule has 2 aliphatic carbocycles. The summed E-state index contributed by atoms with van der Waals surface area (Å²) in [6, 6.07) is 15.9.